The summed E-state index contributed by atoms with van der Waals surface area (Å²) in [4.78, 5) is 62.4. The van der Waals surface area contributed by atoms with Crippen molar-refractivity contribution in [2.24, 2.45) is 0 Å². The number of urea groups is 1. The lowest BCUT2D eigenvalue weighted by molar-refractivity contribution is -0.139. The van der Waals surface area contributed by atoms with Gasteiger partial charge in [0.05, 0.1) is 11.3 Å². The van der Waals surface area contributed by atoms with E-state index in [1.165, 1.54) is 24.3 Å². The highest BCUT2D eigenvalue weighted by Crippen LogP contribution is 2.18. The number of carbonyl (C=O) groups is 5. The number of nitrogens with one attached hydrogen (secondary N) is 3. The second-order valence-electron chi connectivity index (χ2n) is 11.0. The van der Waals surface area contributed by atoms with Crippen LogP contribution in [0.2, 0.25) is 0 Å². The Labute approximate surface area is 266 Å². The van der Waals surface area contributed by atoms with Crippen molar-refractivity contribution >= 4 is 35.8 Å². The first kappa shape index (κ1) is 34.9. The Kier molecular flexibility index (Phi) is 12.9. The van der Waals surface area contributed by atoms with Crippen LogP contribution in [-0.2, 0) is 20.9 Å². The number of unbranched alkanes of at least 4 members (excludes halogenated alkanes) is 1. The summed E-state index contributed by atoms with van der Waals surface area (Å²) in [7, 11) is 0. The molecule has 13 nitrogen and oxygen atoms in total. The molecule has 0 fully saturated rings. The standard InChI is InChI=1S/C33H38N4O9/c1-33(2,3)46-32(43)36-37(25-19-17-24(18-20-25)29(40)45-26-14-8-5-9-15-26)30(41)35-27(28(38)39)16-10-11-21-34-31(42)44-22-23-12-6-4-7-13-23/h4-9,12-15,17-20,27H,10-11,16,21-22H2,1-3H3,(H,34,42)(H,35,41)(H,36,43)(H,38,39)/t27-/m0/s1. The molecule has 0 bridgehead atoms. The molecule has 4 N–H and O–H groups in total. The summed E-state index contributed by atoms with van der Waals surface area (Å²) < 4.78 is 15.7. The van der Waals surface area contributed by atoms with Gasteiger partial charge in [0, 0.05) is 6.54 Å². The van der Waals surface area contributed by atoms with Crippen LogP contribution in [-0.4, -0.2) is 53.5 Å². The molecule has 0 aromatic heterocycles. The number of aliphatic carboxylic acids is 1. The molecule has 3 aromatic rings. The van der Waals surface area contributed by atoms with E-state index in [4.69, 9.17) is 14.2 Å². The van der Waals surface area contributed by atoms with Crippen LogP contribution >= 0.6 is 0 Å². The van der Waals surface area contributed by atoms with Gasteiger partial charge in [0.25, 0.3) is 0 Å². The van der Waals surface area contributed by atoms with Crippen molar-refractivity contribution in [3.05, 3.63) is 96.1 Å². The zero-order valence-electron chi connectivity index (χ0n) is 25.9. The summed E-state index contributed by atoms with van der Waals surface area (Å²) in [6.45, 7) is 5.28. The Morgan fingerprint density at radius 1 is 0.826 bits per heavy atom. The normalized spacial score (nSPS) is 11.4. The van der Waals surface area contributed by atoms with Gasteiger partial charge in [-0.05, 0) is 82.0 Å². The molecule has 3 rings (SSSR count). The highest BCUT2D eigenvalue weighted by molar-refractivity contribution is 5.97. The number of nitrogens with zero attached hydrogens (tertiary/aromatic N) is 1. The molecule has 46 heavy (non-hydrogen) atoms. The molecule has 3 aromatic carbocycles. The Bertz CT molecular complexity index is 1460. The number of rotatable bonds is 12. The number of alkyl carbamates (subject to hydrolysis) is 1. The lowest BCUT2D eigenvalue weighted by Crippen LogP contribution is -2.55. The van der Waals surface area contributed by atoms with Crippen molar-refractivity contribution in [2.45, 2.75) is 58.3 Å². The lowest BCUT2D eigenvalue weighted by Gasteiger charge is -2.27. The topological polar surface area (TPSA) is 173 Å². The average molecular weight is 635 g/mol. The maximum atomic E-state index is 13.3. The second kappa shape index (κ2) is 17.0. The molecule has 0 saturated carbocycles. The molecule has 0 aliphatic carbocycles. The number of hydrogen-bond donors (Lipinski definition) is 4. The molecule has 1 atom stereocenters. The Hall–Kier alpha value is -5.59. The number of carboxylic acids is 1. The van der Waals surface area contributed by atoms with E-state index in [9.17, 15) is 29.1 Å². The summed E-state index contributed by atoms with van der Waals surface area (Å²) in [5, 5.41) is 15.6. The van der Waals surface area contributed by atoms with Crippen molar-refractivity contribution in [2.75, 3.05) is 11.6 Å². The zero-order valence-corrected chi connectivity index (χ0v) is 25.9. The molecular formula is C33H38N4O9. The third-order valence-corrected chi connectivity index (χ3v) is 6.12. The van der Waals surface area contributed by atoms with Gasteiger partial charge in [-0.15, -0.1) is 0 Å². The van der Waals surface area contributed by atoms with E-state index in [-0.39, 0.29) is 30.8 Å². The van der Waals surface area contributed by atoms with Crippen molar-refractivity contribution in [3.63, 3.8) is 0 Å². The van der Waals surface area contributed by atoms with Gasteiger partial charge in [-0.1, -0.05) is 48.5 Å². The van der Waals surface area contributed by atoms with E-state index in [0.717, 1.165) is 10.6 Å². The van der Waals surface area contributed by atoms with Gasteiger partial charge in [0.1, 0.15) is 24.0 Å². The third-order valence-electron chi connectivity index (χ3n) is 6.12. The lowest BCUT2D eigenvalue weighted by atomic mass is 10.1. The van der Waals surface area contributed by atoms with E-state index < -0.39 is 41.8 Å². The molecular weight excluding hydrogens is 596 g/mol. The van der Waals surface area contributed by atoms with Crippen molar-refractivity contribution in [3.8, 4) is 5.75 Å². The fourth-order valence-corrected chi connectivity index (χ4v) is 3.93. The SMILES string of the molecule is CC(C)(C)OC(=O)NN(C(=O)N[C@@H](CCCCNC(=O)OCc1ccccc1)C(=O)O)c1ccc(C(=O)Oc2ccccc2)cc1. The van der Waals surface area contributed by atoms with Gasteiger partial charge in [0.2, 0.25) is 0 Å². The molecule has 0 unspecified atom stereocenters. The molecule has 0 aliphatic heterocycles. The highest BCUT2D eigenvalue weighted by atomic mass is 16.6. The van der Waals surface area contributed by atoms with Crippen molar-refractivity contribution in [1.82, 2.24) is 16.1 Å². The van der Waals surface area contributed by atoms with E-state index in [1.54, 1.807) is 51.1 Å². The number of ether oxygens (including phenoxy) is 3. The summed E-state index contributed by atoms with van der Waals surface area (Å²) in [6.07, 6.45) is -0.775. The highest BCUT2D eigenvalue weighted by Gasteiger charge is 2.27. The Morgan fingerprint density at radius 3 is 2.07 bits per heavy atom. The number of para-hydroxylation sites is 1. The van der Waals surface area contributed by atoms with Crippen molar-refractivity contribution in [1.29, 1.82) is 0 Å². The van der Waals surface area contributed by atoms with Crippen LogP contribution in [0.15, 0.2) is 84.9 Å². The molecule has 4 amide bonds. The maximum absolute atomic E-state index is 13.3. The smallest absolute Gasteiger partial charge is 0.427 e. The zero-order chi connectivity index (χ0) is 33.5. The fraction of sp³-hybridized carbons (Fsp3) is 0.303. The van der Waals surface area contributed by atoms with E-state index in [0.29, 0.717) is 18.6 Å². The van der Waals surface area contributed by atoms with Crippen LogP contribution in [0.4, 0.5) is 20.1 Å². The average Bonchev–Trinajstić information content (AvgIpc) is 3.02. The minimum atomic E-state index is -1.32. The van der Waals surface area contributed by atoms with Gasteiger partial charge in [-0.2, -0.15) is 0 Å². The van der Waals surface area contributed by atoms with Gasteiger partial charge >= 0.3 is 30.2 Å². The van der Waals surface area contributed by atoms with E-state index in [1.807, 2.05) is 30.3 Å². The minimum Gasteiger partial charge on any atom is -0.480 e. The molecule has 0 aliphatic rings. The number of benzene rings is 3. The minimum absolute atomic E-state index is 0.0341. The van der Waals surface area contributed by atoms with Crippen LogP contribution < -0.4 is 25.8 Å². The van der Waals surface area contributed by atoms with Crippen LogP contribution in [0.5, 0.6) is 5.75 Å². The summed E-state index contributed by atoms with van der Waals surface area (Å²) in [5.41, 5.74) is 2.57. The summed E-state index contributed by atoms with van der Waals surface area (Å²) >= 11 is 0. The monoisotopic (exact) mass is 634 g/mol. The second-order valence-corrected chi connectivity index (χ2v) is 11.0. The number of carboxylic acid groups (broad SMARTS) is 1. The number of esters is 1. The fourth-order valence-electron chi connectivity index (χ4n) is 3.93. The largest absolute Gasteiger partial charge is 0.480 e. The number of anilines is 1. The van der Waals surface area contributed by atoms with Gasteiger partial charge < -0.3 is 30.0 Å². The maximum Gasteiger partial charge on any atom is 0.427 e. The van der Waals surface area contributed by atoms with Crippen LogP contribution in [0, 0.1) is 0 Å². The quantitative estimate of drug-likeness (QED) is 0.0879. The number of hydrogen-bond acceptors (Lipinski definition) is 8. The Morgan fingerprint density at radius 2 is 1.46 bits per heavy atom. The molecule has 0 spiro atoms. The molecule has 244 valence electrons. The predicted molar refractivity (Wildman–Crippen MR) is 168 cm³/mol. The molecule has 0 radical (unpaired) electrons. The van der Waals surface area contributed by atoms with E-state index >= 15 is 0 Å². The number of carbonyl (C=O) groups excluding carboxylic acids is 4. The number of hydrazine groups is 1. The molecule has 0 saturated heterocycles. The van der Waals surface area contributed by atoms with Crippen LogP contribution in [0.1, 0.15) is 56.0 Å². The van der Waals surface area contributed by atoms with Crippen LogP contribution in [0.3, 0.4) is 0 Å². The number of amides is 4. The third kappa shape index (κ3) is 12.2. The molecule has 13 heteroatoms. The summed E-state index contributed by atoms with van der Waals surface area (Å²) in [6, 6.07) is 20.9. The van der Waals surface area contributed by atoms with Gasteiger partial charge in [-0.25, -0.2) is 34.4 Å². The first-order valence-corrected chi connectivity index (χ1v) is 14.6. The van der Waals surface area contributed by atoms with E-state index in [2.05, 4.69) is 16.1 Å². The first-order chi connectivity index (χ1) is 21.9. The predicted octanol–water partition coefficient (Wildman–Crippen LogP) is 5.41. The Balaban J connectivity index is 1.59. The first-order valence-electron chi connectivity index (χ1n) is 14.6. The van der Waals surface area contributed by atoms with Crippen molar-refractivity contribution < 1.29 is 43.3 Å². The van der Waals surface area contributed by atoms with Gasteiger partial charge in [0.15, 0.2) is 0 Å². The molecule has 0 heterocycles. The van der Waals surface area contributed by atoms with Crippen LogP contribution in [0.25, 0.3) is 0 Å². The summed E-state index contributed by atoms with van der Waals surface area (Å²) in [5.74, 6) is -1.58. The van der Waals surface area contributed by atoms with Gasteiger partial charge in [-0.3, -0.25) is 0 Å².